The topological polar surface area (TPSA) is 0 Å². The molecule has 0 nitrogen and oxygen atoms in total. The van der Waals surface area contributed by atoms with E-state index in [2.05, 4.69) is 0 Å². The summed E-state index contributed by atoms with van der Waals surface area (Å²) >= 11 is 0. The molecule has 104 valence electrons. The van der Waals surface area contributed by atoms with E-state index in [1.54, 1.807) is 0 Å². The molecule has 0 unspecified atom stereocenters. The molecule has 0 atom stereocenters. The summed E-state index contributed by atoms with van der Waals surface area (Å²) in [5.74, 6) is -0.600. The highest BCUT2D eigenvalue weighted by atomic mass is 19.1. The van der Waals surface area contributed by atoms with Gasteiger partial charge in [-0.15, -0.1) is 0 Å². The maximum absolute atomic E-state index is 14.0. The van der Waals surface area contributed by atoms with Crippen molar-refractivity contribution in [2.45, 2.75) is 67.2 Å². The van der Waals surface area contributed by atoms with Gasteiger partial charge in [-0.05, 0) is 42.4 Å². The van der Waals surface area contributed by atoms with E-state index >= 15 is 0 Å². The van der Waals surface area contributed by atoms with Crippen molar-refractivity contribution < 1.29 is 8.78 Å². The molecule has 0 aliphatic rings. The van der Waals surface area contributed by atoms with Gasteiger partial charge in [-0.1, -0.05) is 41.5 Å². The van der Waals surface area contributed by atoms with Crippen LogP contribution < -0.4 is 0 Å². The van der Waals surface area contributed by atoms with Crippen LogP contribution in [-0.4, -0.2) is 0 Å². The van der Waals surface area contributed by atoms with Gasteiger partial charge in [0.25, 0.3) is 0 Å². The lowest BCUT2D eigenvalue weighted by Gasteiger charge is -2.20. The van der Waals surface area contributed by atoms with Crippen molar-refractivity contribution >= 4 is 0 Å². The van der Waals surface area contributed by atoms with E-state index in [0.29, 0.717) is 11.1 Å². The van der Waals surface area contributed by atoms with Gasteiger partial charge in [-0.25, -0.2) is 8.78 Å². The Morgan fingerprint density at radius 1 is 0.667 bits per heavy atom. The summed E-state index contributed by atoms with van der Waals surface area (Å²) in [5, 5.41) is 0. The Balaban J connectivity index is 0.00000137. The van der Waals surface area contributed by atoms with E-state index in [-0.39, 0.29) is 29.0 Å². The Bertz CT molecular complexity index is 369. The minimum Gasteiger partial charge on any atom is -0.206 e. The zero-order valence-corrected chi connectivity index (χ0v) is 12.9. The van der Waals surface area contributed by atoms with Crippen LogP contribution in [-0.2, 0) is 0 Å². The van der Waals surface area contributed by atoms with Crippen LogP contribution in [0.25, 0.3) is 0 Å². The van der Waals surface area contributed by atoms with Gasteiger partial charge < -0.3 is 0 Å². The number of benzene rings is 1. The van der Waals surface area contributed by atoms with E-state index in [9.17, 15) is 8.78 Å². The first-order valence-corrected chi connectivity index (χ1v) is 6.76. The highest BCUT2D eigenvalue weighted by Gasteiger charge is 2.22. The molecule has 0 radical (unpaired) electrons. The Kier molecular flexibility index (Phi) is 6.51. The average Bonchev–Trinajstić information content (AvgIpc) is 2.28. The van der Waals surface area contributed by atoms with Crippen LogP contribution in [0.2, 0.25) is 0 Å². The molecule has 1 rings (SSSR count). The fourth-order valence-electron chi connectivity index (χ4n) is 2.35. The summed E-state index contributed by atoms with van der Waals surface area (Å²) < 4.78 is 28.0. The van der Waals surface area contributed by atoms with Crippen molar-refractivity contribution in [3.05, 3.63) is 33.9 Å². The number of halogens is 2. The lowest BCUT2D eigenvalue weighted by atomic mass is 9.86. The summed E-state index contributed by atoms with van der Waals surface area (Å²) in [6.07, 6.45) is 0. The first kappa shape index (κ1) is 17.1. The monoisotopic (exact) mass is 256 g/mol. The summed E-state index contributed by atoms with van der Waals surface area (Å²) in [4.78, 5) is 0. The van der Waals surface area contributed by atoms with E-state index in [4.69, 9.17) is 0 Å². The van der Waals surface area contributed by atoms with Crippen molar-refractivity contribution in [3.63, 3.8) is 0 Å². The van der Waals surface area contributed by atoms with Gasteiger partial charge in [-0.2, -0.15) is 0 Å². The third kappa shape index (κ3) is 3.09. The van der Waals surface area contributed by atoms with Crippen molar-refractivity contribution in [2.75, 3.05) is 0 Å². The van der Waals surface area contributed by atoms with Crippen LogP contribution >= 0.6 is 0 Å². The van der Waals surface area contributed by atoms with Crippen LogP contribution in [0.4, 0.5) is 8.78 Å². The predicted molar refractivity (Wildman–Crippen MR) is 75.4 cm³/mol. The Labute approximate surface area is 110 Å². The molecular formula is C16H26F2. The quantitative estimate of drug-likeness (QED) is 0.622. The van der Waals surface area contributed by atoms with E-state index in [1.165, 1.54) is 6.92 Å². The molecule has 0 fully saturated rings. The third-order valence-electron chi connectivity index (χ3n) is 3.09. The predicted octanol–water partition coefficient (Wildman–Crippen LogP) is 5.85. The molecule has 0 aromatic heterocycles. The second-order valence-electron chi connectivity index (χ2n) is 5.01. The first-order valence-electron chi connectivity index (χ1n) is 6.76. The van der Waals surface area contributed by atoms with Gasteiger partial charge in [0.05, 0.1) is 0 Å². The Morgan fingerprint density at radius 3 is 1.17 bits per heavy atom. The summed E-state index contributed by atoms with van der Waals surface area (Å²) in [5.41, 5.74) is 2.23. The van der Waals surface area contributed by atoms with Gasteiger partial charge in [0.2, 0.25) is 0 Å². The normalized spacial score (nSPS) is 10.7. The smallest absolute Gasteiger partial charge is 0.132 e. The van der Waals surface area contributed by atoms with E-state index in [0.717, 1.165) is 5.56 Å². The highest BCUT2D eigenvalue weighted by molar-refractivity contribution is 5.43. The molecule has 2 heteroatoms. The van der Waals surface area contributed by atoms with Crippen LogP contribution in [0, 0.1) is 25.5 Å². The zero-order valence-electron chi connectivity index (χ0n) is 12.9. The van der Waals surface area contributed by atoms with Gasteiger partial charge in [0, 0.05) is 5.56 Å². The van der Waals surface area contributed by atoms with Crippen LogP contribution in [0.15, 0.2) is 0 Å². The van der Waals surface area contributed by atoms with Crippen molar-refractivity contribution in [1.82, 2.24) is 0 Å². The molecule has 0 spiro atoms. The molecule has 0 bridgehead atoms. The molecular weight excluding hydrogens is 230 g/mol. The van der Waals surface area contributed by atoms with Crippen LogP contribution in [0.1, 0.15) is 75.6 Å². The third-order valence-corrected chi connectivity index (χ3v) is 3.09. The highest BCUT2D eigenvalue weighted by Crippen LogP contribution is 2.33. The van der Waals surface area contributed by atoms with Crippen LogP contribution in [0.5, 0.6) is 0 Å². The van der Waals surface area contributed by atoms with Gasteiger partial charge in [-0.3, -0.25) is 0 Å². The molecule has 0 saturated carbocycles. The number of hydrogen-bond acceptors (Lipinski definition) is 0. The summed E-state index contributed by atoms with van der Waals surface area (Å²) in [7, 11) is 0. The minimum absolute atomic E-state index is 0.0804. The lowest BCUT2D eigenvalue weighted by molar-refractivity contribution is 0.532. The first-order chi connectivity index (χ1) is 8.29. The van der Waals surface area contributed by atoms with Gasteiger partial charge >= 0.3 is 0 Å². The molecule has 0 aliphatic heterocycles. The fourth-order valence-corrected chi connectivity index (χ4v) is 2.35. The van der Waals surface area contributed by atoms with Crippen molar-refractivity contribution in [3.8, 4) is 0 Å². The van der Waals surface area contributed by atoms with Gasteiger partial charge in [0.1, 0.15) is 11.6 Å². The summed E-state index contributed by atoms with van der Waals surface area (Å²) in [6.45, 7) is 15.1. The van der Waals surface area contributed by atoms with E-state index in [1.807, 2.05) is 48.5 Å². The molecule has 0 aliphatic carbocycles. The maximum atomic E-state index is 14.0. The molecule has 1 aromatic rings. The zero-order chi connectivity index (χ0) is 14.6. The number of hydrogen-bond donors (Lipinski definition) is 0. The molecule has 18 heavy (non-hydrogen) atoms. The SMILES string of the molecule is CC.Cc1c(F)c(C(C)C)c(C)c(C(C)C)c1F. The van der Waals surface area contributed by atoms with Crippen molar-refractivity contribution in [2.24, 2.45) is 0 Å². The maximum Gasteiger partial charge on any atom is 0.132 e. The van der Waals surface area contributed by atoms with Crippen LogP contribution in [0.3, 0.4) is 0 Å². The summed E-state index contributed by atoms with van der Waals surface area (Å²) in [6, 6.07) is 0. The van der Waals surface area contributed by atoms with Gasteiger partial charge in [0.15, 0.2) is 0 Å². The largest absolute Gasteiger partial charge is 0.206 e. The Morgan fingerprint density at radius 2 is 0.944 bits per heavy atom. The molecule has 0 N–H and O–H groups in total. The molecule has 0 heterocycles. The molecule has 0 amide bonds. The molecule has 0 saturated heterocycles. The standard InChI is InChI=1S/C14H20F2.C2H6/c1-7(2)11-9(5)12(8(3)4)14(16)10(6)13(11)15;1-2/h7-8H,1-6H3;1-2H3. The fraction of sp³-hybridized carbons (Fsp3) is 0.625. The van der Waals surface area contributed by atoms with Crippen molar-refractivity contribution in [1.29, 1.82) is 0 Å². The lowest BCUT2D eigenvalue weighted by Crippen LogP contribution is -2.09. The number of rotatable bonds is 2. The minimum atomic E-state index is -0.380. The second-order valence-corrected chi connectivity index (χ2v) is 5.01. The second kappa shape index (κ2) is 6.86. The molecule has 1 aromatic carbocycles. The Hall–Kier alpha value is -0.920. The van der Waals surface area contributed by atoms with E-state index < -0.39 is 0 Å². The average molecular weight is 256 g/mol.